The van der Waals surface area contributed by atoms with Gasteiger partial charge in [0.15, 0.2) is 0 Å². The molecule has 1 aromatic rings. The lowest BCUT2D eigenvalue weighted by atomic mass is 10.1. The van der Waals surface area contributed by atoms with Crippen LogP contribution in [0.2, 0.25) is 5.02 Å². The number of rotatable bonds is 3. The van der Waals surface area contributed by atoms with Crippen molar-refractivity contribution in [2.24, 2.45) is 5.73 Å². The molecule has 0 aliphatic heterocycles. The fourth-order valence-electron chi connectivity index (χ4n) is 1.14. The molecule has 0 saturated heterocycles. The monoisotopic (exact) mass is 235 g/mol. The van der Waals surface area contributed by atoms with Gasteiger partial charge in [-0.25, -0.2) is 0 Å². The molecule has 1 rings (SSSR count). The van der Waals surface area contributed by atoms with Gasteiger partial charge in [-0.2, -0.15) is 0 Å². The molecule has 2 N–H and O–H groups in total. The van der Waals surface area contributed by atoms with Crippen molar-refractivity contribution in [3.8, 4) is 5.75 Å². The van der Waals surface area contributed by atoms with Crippen LogP contribution in [0.15, 0.2) is 18.2 Å². The zero-order valence-corrected chi connectivity index (χ0v) is 9.86. The van der Waals surface area contributed by atoms with Gasteiger partial charge in [0, 0.05) is 6.04 Å². The van der Waals surface area contributed by atoms with Crippen molar-refractivity contribution in [1.29, 1.82) is 0 Å². The standard InChI is InChI=1S/C10H14ClNO.ClH/c1-3-9(12)7-4-5-8(11)10(6-7)13-2;/h4-6,9H,3,12H2,1-2H3;1H/t9-;/m0./s1. The second-order valence-corrected chi connectivity index (χ2v) is 3.32. The molecule has 1 atom stereocenters. The number of benzene rings is 1. The minimum Gasteiger partial charge on any atom is -0.495 e. The molecule has 0 amide bonds. The van der Waals surface area contributed by atoms with E-state index < -0.39 is 0 Å². The molecule has 0 aliphatic carbocycles. The Labute approximate surface area is 95.8 Å². The molecule has 2 nitrogen and oxygen atoms in total. The quantitative estimate of drug-likeness (QED) is 0.874. The van der Waals surface area contributed by atoms with E-state index in [1.54, 1.807) is 7.11 Å². The van der Waals surface area contributed by atoms with Crippen LogP contribution in [-0.2, 0) is 0 Å². The molecule has 0 aromatic heterocycles. The smallest absolute Gasteiger partial charge is 0.137 e. The zero-order valence-electron chi connectivity index (χ0n) is 8.29. The zero-order chi connectivity index (χ0) is 9.84. The highest BCUT2D eigenvalue weighted by Gasteiger charge is 2.06. The molecule has 0 bridgehead atoms. The maximum Gasteiger partial charge on any atom is 0.137 e. The van der Waals surface area contributed by atoms with Crippen LogP contribution in [0.5, 0.6) is 5.75 Å². The third kappa shape index (κ3) is 3.05. The number of halogens is 2. The first-order chi connectivity index (χ1) is 6.19. The van der Waals surface area contributed by atoms with Crippen LogP contribution in [0.4, 0.5) is 0 Å². The van der Waals surface area contributed by atoms with Crippen molar-refractivity contribution < 1.29 is 4.74 Å². The van der Waals surface area contributed by atoms with Gasteiger partial charge in [0.2, 0.25) is 0 Å². The van der Waals surface area contributed by atoms with Crippen molar-refractivity contribution >= 4 is 24.0 Å². The van der Waals surface area contributed by atoms with E-state index in [-0.39, 0.29) is 18.4 Å². The summed E-state index contributed by atoms with van der Waals surface area (Å²) in [6.45, 7) is 2.05. The van der Waals surface area contributed by atoms with Crippen molar-refractivity contribution in [1.82, 2.24) is 0 Å². The molecule has 0 saturated carbocycles. The second-order valence-electron chi connectivity index (χ2n) is 2.91. The van der Waals surface area contributed by atoms with Gasteiger partial charge >= 0.3 is 0 Å². The summed E-state index contributed by atoms with van der Waals surface area (Å²) in [6.07, 6.45) is 0.908. The molecule has 1 aromatic carbocycles. The highest BCUT2D eigenvalue weighted by molar-refractivity contribution is 6.32. The van der Waals surface area contributed by atoms with E-state index >= 15 is 0 Å². The van der Waals surface area contributed by atoms with Gasteiger partial charge < -0.3 is 10.5 Å². The Morgan fingerprint density at radius 3 is 2.64 bits per heavy atom. The van der Waals surface area contributed by atoms with Crippen molar-refractivity contribution in [2.75, 3.05) is 7.11 Å². The molecule has 4 heteroatoms. The van der Waals surface area contributed by atoms with Crippen molar-refractivity contribution in [2.45, 2.75) is 19.4 Å². The lowest BCUT2D eigenvalue weighted by molar-refractivity contribution is 0.414. The third-order valence-electron chi connectivity index (χ3n) is 2.04. The maximum absolute atomic E-state index is 5.88. The predicted octanol–water partition coefficient (Wildman–Crippen LogP) is 3.18. The molecule has 0 heterocycles. The molecule has 0 aliphatic rings. The number of hydrogen-bond acceptors (Lipinski definition) is 2. The average Bonchev–Trinajstić information content (AvgIpc) is 2.17. The summed E-state index contributed by atoms with van der Waals surface area (Å²) in [4.78, 5) is 0. The van der Waals surface area contributed by atoms with Crippen LogP contribution in [0.1, 0.15) is 24.9 Å². The van der Waals surface area contributed by atoms with Crippen LogP contribution < -0.4 is 10.5 Å². The normalized spacial score (nSPS) is 11.7. The topological polar surface area (TPSA) is 35.2 Å². The lowest BCUT2D eigenvalue weighted by Crippen LogP contribution is -2.08. The summed E-state index contributed by atoms with van der Waals surface area (Å²) in [5.41, 5.74) is 6.93. The molecular formula is C10H15Cl2NO. The summed E-state index contributed by atoms with van der Waals surface area (Å²) >= 11 is 5.88. The Morgan fingerprint density at radius 2 is 2.14 bits per heavy atom. The van der Waals surface area contributed by atoms with Crippen LogP contribution in [0.25, 0.3) is 0 Å². The molecule has 14 heavy (non-hydrogen) atoms. The first-order valence-electron chi connectivity index (χ1n) is 4.28. The van der Waals surface area contributed by atoms with Crippen LogP contribution in [-0.4, -0.2) is 7.11 Å². The first-order valence-corrected chi connectivity index (χ1v) is 4.65. The van der Waals surface area contributed by atoms with E-state index in [1.807, 2.05) is 25.1 Å². The largest absolute Gasteiger partial charge is 0.495 e. The SMILES string of the molecule is CC[C@H](N)c1ccc(Cl)c(OC)c1.Cl. The Kier molecular flexibility index (Phi) is 5.93. The Balaban J connectivity index is 0.00000169. The van der Waals surface area contributed by atoms with E-state index in [1.165, 1.54) is 0 Å². The number of hydrogen-bond donors (Lipinski definition) is 1. The first kappa shape index (κ1) is 13.6. The van der Waals surface area contributed by atoms with Crippen LogP contribution in [0, 0.1) is 0 Å². The minimum atomic E-state index is 0. The minimum absolute atomic E-state index is 0. The average molecular weight is 236 g/mol. The van der Waals surface area contributed by atoms with E-state index in [2.05, 4.69) is 0 Å². The van der Waals surface area contributed by atoms with E-state index in [0.29, 0.717) is 10.8 Å². The summed E-state index contributed by atoms with van der Waals surface area (Å²) in [6, 6.07) is 5.69. The summed E-state index contributed by atoms with van der Waals surface area (Å²) in [7, 11) is 1.60. The van der Waals surface area contributed by atoms with Gasteiger partial charge in [0.05, 0.1) is 12.1 Å². The van der Waals surface area contributed by atoms with Gasteiger partial charge in [0.25, 0.3) is 0 Å². The van der Waals surface area contributed by atoms with Crippen molar-refractivity contribution in [3.63, 3.8) is 0 Å². The summed E-state index contributed by atoms with van der Waals surface area (Å²) in [5, 5.41) is 0.620. The van der Waals surface area contributed by atoms with Crippen LogP contribution in [0.3, 0.4) is 0 Å². The third-order valence-corrected chi connectivity index (χ3v) is 2.36. The Hall–Kier alpha value is -0.440. The highest BCUT2D eigenvalue weighted by atomic mass is 35.5. The highest BCUT2D eigenvalue weighted by Crippen LogP contribution is 2.27. The number of ether oxygens (including phenoxy) is 1. The van der Waals surface area contributed by atoms with E-state index in [9.17, 15) is 0 Å². The molecule has 0 fully saturated rings. The van der Waals surface area contributed by atoms with Gasteiger partial charge in [-0.05, 0) is 24.1 Å². The van der Waals surface area contributed by atoms with Gasteiger partial charge in [0.1, 0.15) is 5.75 Å². The number of nitrogens with two attached hydrogens (primary N) is 1. The van der Waals surface area contributed by atoms with Crippen LogP contribution >= 0.6 is 24.0 Å². The maximum atomic E-state index is 5.88. The second kappa shape index (κ2) is 6.12. The van der Waals surface area contributed by atoms with Gasteiger partial charge in [-0.15, -0.1) is 12.4 Å². The number of methoxy groups -OCH3 is 1. The molecule has 0 radical (unpaired) electrons. The fourth-order valence-corrected chi connectivity index (χ4v) is 1.34. The summed E-state index contributed by atoms with van der Waals surface area (Å²) in [5.74, 6) is 0.683. The predicted molar refractivity (Wildman–Crippen MR) is 62.5 cm³/mol. The Bertz CT molecular complexity index is 291. The molecular weight excluding hydrogens is 221 g/mol. The van der Waals surface area contributed by atoms with Crippen molar-refractivity contribution in [3.05, 3.63) is 28.8 Å². The molecule has 0 spiro atoms. The molecule has 0 unspecified atom stereocenters. The van der Waals surface area contributed by atoms with E-state index in [4.69, 9.17) is 22.1 Å². The lowest BCUT2D eigenvalue weighted by Gasteiger charge is -2.11. The Morgan fingerprint density at radius 1 is 1.50 bits per heavy atom. The molecule has 80 valence electrons. The summed E-state index contributed by atoms with van der Waals surface area (Å²) < 4.78 is 5.09. The van der Waals surface area contributed by atoms with E-state index in [0.717, 1.165) is 12.0 Å². The van der Waals surface area contributed by atoms with Gasteiger partial charge in [-0.3, -0.25) is 0 Å². The van der Waals surface area contributed by atoms with Gasteiger partial charge in [-0.1, -0.05) is 24.6 Å². The fraction of sp³-hybridized carbons (Fsp3) is 0.400.